The van der Waals surface area contributed by atoms with Crippen LogP contribution in [-0.4, -0.2) is 21.4 Å². The summed E-state index contributed by atoms with van der Waals surface area (Å²) in [5.41, 5.74) is 0.469. The summed E-state index contributed by atoms with van der Waals surface area (Å²) in [5, 5.41) is 14.0. The number of nitrogens with one attached hydrogen (secondary N) is 1. The van der Waals surface area contributed by atoms with Crippen molar-refractivity contribution in [2.75, 3.05) is 11.9 Å². The third kappa shape index (κ3) is 3.65. The van der Waals surface area contributed by atoms with Gasteiger partial charge in [0, 0.05) is 12.6 Å². The Labute approximate surface area is 122 Å². The van der Waals surface area contributed by atoms with E-state index in [9.17, 15) is 10.1 Å². The fourth-order valence-corrected chi connectivity index (χ4v) is 1.76. The minimum absolute atomic E-state index is 0.0146. The molecule has 2 rings (SSSR count). The highest BCUT2D eigenvalue weighted by Crippen LogP contribution is 2.30. The Kier molecular flexibility index (Phi) is 4.65. The van der Waals surface area contributed by atoms with Gasteiger partial charge in [-0.25, -0.2) is 0 Å². The number of aromatic nitrogens is 2. The van der Waals surface area contributed by atoms with Crippen molar-refractivity contribution in [1.82, 2.24) is 9.97 Å². The molecule has 1 N–H and O–H groups in total. The number of rotatable bonds is 6. The summed E-state index contributed by atoms with van der Waals surface area (Å²) in [6, 6.07) is 4.68. The van der Waals surface area contributed by atoms with Gasteiger partial charge in [0.2, 0.25) is 5.88 Å². The molecule has 7 nitrogen and oxygen atoms in total. The first-order valence-electron chi connectivity index (χ1n) is 6.59. The monoisotopic (exact) mass is 288 g/mol. The van der Waals surface area contributed by atoms with Gasteiger partial charge in [0.05, 0.1) is 22.9 Å². The molecule has 1 aromatic heterocycles. The average Bonchev–Trinajstić information content (AvgIpc) is 2.47. The summed E-state index contributed by atoms with van der Waals surface area (Å²) in [6.45, 7) is 4.47. The molecule has 0 saturated heterocycles. The minimum Gasteiger partial charge on any atom is -0.437 e. The number of benzene rings is 1. The van der Waals surface area contributed by atoms with Crippen molar-refractivity contribution >= 4 is 11.5 Å². The van der Waals surface area contributed by atoms with Crippen LogP contribution >= 0.6 is 0 Å². The molecule has 2 aromatic rings. The predicted molar refractivity (Wildman–Crippen MR) is 78.7 cm³/mol. The number of ether oxygens (including phenoxy) is 1. The van der Waals surface area contributed by atoms with Gasteiger partial charge in [-0.3, -0.25) is 15.1 Å². The van der Waals surface area contributed by atoms with Crippen LogP contribution < -0.4 is 10.1 Å². The number of nitro benzene ring substituents is 1. The van der Waals surface area contributed by atoms with Crippen molar-refractivity contribution in [3.63, 3.8) is 0 Å². The maximum atomic E-state index is 10.9. The lowest BCUT2D eigenvalue weighted by atomic mass is 10.2. The van der Waals surface area contributed by atoms with Gasteiger partial charge in [-0.2, -0.15) is 4.98 Å². The lowest BCUT2D eigenvalue weighted by molar-refractivity contribution is -0.385. The standard InChI is InChI=1S/C14H16N4O3/c1-3-7-16-13-8-15-9-14(17-13)21-12-6-4-5-11(10(12)2)18(19)20/h4-6,8-9H,3,7H2,1-2H3,(H,16,17). The summed E-state index contributed by atoms with van der Waals surface area (Å²) in [5.74, 6) is 1.29. The molecule has 0 saturated carbocycles. The first-order chi connectivity index (χ1) is 10.1. The molecule has 0 atom stereocenters. The fraction of sp³-hybridized carbons (Fsp3) is 0.286. The van der Waals surface area contributed by atoms with Crippen molar-refractivity contribution < 1.29 is 9.66 Å². The highest BCUT2D eigenvalue weighted by Gasteiger charge is 2.15. The molecule has 1 aromatic carbocycles. The minimum atomic E-state index is -0.437. The van der Waals surface area contributed by atoms with E-state index in [1.807, 2.05) is 6.92 Å². The summed E-state index contributed by atoms with van der Waals surface area (Å²) in [7, 11) is 0. The first-order valence-corrected chi connectivity index (χ1v) is 6.59. The zero-order valence-electron chi connectivity index (χ0n) is 11.9. The Balaban J connectivity index is 2.22. The van der Waals surface area contributed by atoms with Crippen LogP contribution in [0.5, 0.6) is 11.6 Å². The Hall–Kier alpha value is -2.70. The van der Waals surface area contributed by atoms with E-state index in [-0.39, 0.29) is 5.69 Å². The molecule has 1 heterocycles. The van der Waals surface area contributed by atoms with Crippen molar-refractivity contribution in [2.24, 2.45) is 0 Å². The highest BCUT2D eigenvalue weighted by molar-refractivity contribution is 5.49. The molecule has 0 bridgehead atoms. The van der Waals surface area contributed by atoms with E-state index in [4.69, 9.17) is 4.74 Å². The fourth-order valence-electron chi connectivity index (χ4n) is 1.76. The van der Waals surface area contributed by atoms with Gasteiger partial charge in [-0.1, -0.05) is 13.0 Å². The molecule has 0 radical (unpaired) electrons. The molecule has 0 unspecified atom stereocenters. The number of nitrogens with zero attached hydrogens (tertiary/aromatic N) is 3. The van der Waals surface area contributed by atoms with Gasteiger partial charge in [0.15, 0.2) is 0 Å². The SMILES string of the molecule is CCCNc1cncc(Oc2cccc([N+](=O)[O-])c2C)n1. The molecule has 0 spiro atoms. The first kappa shape index (κ1) is 14.7. The molecule has 0 amide bonds. The van der Waals surface area contributed by atoms with Crippen LogP contribution in [-0.2, 0) is 0 Å². The second-order valence-electron chi connectivity index (χ2n) is 4.43. The topological polar surface area (TPSA) is 90.2 Å². The van der Waals surface area contributed by atoms with E-state index >= 15 is 0 Å². The number of anilines is 1. The lowest BCUT2D eigenvalue weighted by Gasteiger charge is -2.09. The predicted octanol–water partition coefficient (Wildman–Crippen LogP) is 3.31. The molecule has 110 valence electrons. The maximum absolute atomic E-state index is 10.9. The Bertz CT molecular complexity index is 646. The molecule has 0 aliphatic heterocycles. The van der Waals surface area contributed by atoms with Crippen LogP contribution in [0.2, 0.25) is 0 Å². The lowest BCUT2D eigenvalue weighted by Crippen LogP contribution is -2.03. The van der Waals surface area contributed by atoms with Crippen molar-refractivity contribution in [3.8, 4) is 11.6 Å². The number of hydrogen-bond donors (Lipinski definition) is 1. The second kappa shape index (κ2) is 6.65. The van der Waals surface area contributed by atoms with E-state index in [1.165, 1.54) is 12.3 Å². The average molecular weight is 288 g/mol. The highest BCUT2D eigenvalue weighted by atomic mass is 16.6. The number of nitro groups is 1. The molecule has 21 heavy (non-hydrogen) atoms. The Morgan fingerprint density at radius 3 is 2.90 bits per heavy atom. The van der Waals surface area contributed by atoms with E-state index in [0.29, 0.717) is 23.0 Å². The number of hydrogen-bond acceptors (Lipinski definition) is 6. The van der Waals surface area contributed by atoms with Crippen LogP contribution in [0.1, 0.15) is 18.9 Å². The van der Waals surface area contributed by atoms with Crippen molar-refractivity contribution in [2.45, 2.75) is 20.3 Å². The van der Waals surface area contributed by atoms with Crippen LogP contribution in [0.25, 0.3) is 0 Å². The van der Waals surface area contributed by atoms with Crippen LogP contribution in [0.3, 0.4) is 0 Å². The quantitative estimate of drug-likeness (QED) is 0.647. The zero-order chi connectivity index (χ0) is 15.2. The van der Waals surface area contributed by atoms with E-state index in [2.05, 4.69) is 15.3 Å². The van der Waals surface area contributed by atoms with Gasteiger partial charge in [-0.05, 0) is 19.4 Å². The van der Waals surface area contributed by atoms with Crippen molar-refractivity contribution in [3.05, 3.63) is 46.3 Å². The van der Waals surface area contributed by atoms with Gasteiger partial charge in [-0.15, -0.1) is 0 Å². The second-order valence-corrected chi connectivity index (χ2v) is 4.43. The largest absolute Gasteiger partial charge is 0.437 e. The Morgan fingerprint density at radius 1 is 1.38 bits per heavy atom. The van der Waals surface area contributed by atoms with Gasteiger partial charge < -0.3 is 10.1 Å². The zero-order valence-corrected chi connectivity index (χ0v) is 11.9. The van der Waals surface area contributed by atoms with Crippen LogP contribution in [0.15, 0.2) is 30.6 Å². The smallest absolute Gasteiger partial charge is 0.276 e. The third-order valence-corrected chi connectivity index (χ3v) is 2.84. The summed E-state index contributed by atoms with van der Waals surface area (Å²) in [6.07, 6.45) is 4.04. The van der Waals surface area contributed by atoms with E-state index < -0.39 is 4.92 Å². The third-order valence-electron chi connectivity index (χ3n) is 2.84. The van der Waals surface area contributed by atoms with E-state index in [0.717, 1.165) is 13.0 Å². The maximum Gasteiger partial charge on any atom is 0.276 e. The van der Waals surface area contributed by atoms with Crippen LogP contribution in [0.4, 0.5) is 11.5 Å². The molecule has 7 heteroatoms. The summed E-state index contributed by atoms with van der Waals surface area (Å²) < 4.78 is 5.60. The van der Waals surface area contributed by atoms with Crippen molar-refractivity contribution in [1.29, 1.82) is 0 Å². The molecular formula is C14H16N4O3. The van der Waals surface area contributed by atoms with E-state index in [1.54, 1.807) is 25.3 Å². The van der Waals surface area contributed by atoms with Gasteiger partial charge >= 0.3 is 0 Å². The normalized spacial score (nSPS) is 10.2. The van der Waals surface area contributed by atoms with Gasteiger partial charge in [0.1, 0.15) is 11.6 Å². The Morgan fingerprint density at radius 2 is 2.19 bits per heavy atom. The summed E-state index contributed by atoms with van der Waals surface area (Å²) >= 11 is 0. The molecule has 0 aliphatic carbocycles. The molecular weight excluding hydrogens is 272 g/mol. The summed E-state index contributed by atoms with van der Waals surface area (Å²) in [4.78, 5) is 18.8. The molecule has 0 fully saturated rings. The van der Waals surface area contributed by atoms with Gasteiger partial charge in [0.25, 0.3) is 5.69 Å². The molecule has 0 aliphatic rings. The van der Waals surface area contributed by atoms with Crippen LogP contribution in [0, 0.1) is 17.0 Å².